The molecule has 1 fully saturated rings. The maximum atomic E-state index is 13.3. The molecule has 1 aromatic heterocycles. The number of nitrogens with zero attached hydrogens (tertiary/aromatic N) is 2. The Morgan fingerprint density at radius 1 is 0.902 bits per heavy atom. The number of anilines is 1. The number of rotatable bonds is 7. The summed E-state index contributed by atoms with van der Waals surface area (Å²) in [4.78, 5) is 41.7. The van der Waals surface area contributed by atoms with E-state index < -0.39 is 27.9 Å². The Bertz CT molecular complexity index is 1530. The minimum atomic E-state index is -3.62. The first-order valence-corrected chi connectivity index (χ1v) is 15.9. The van der Waals surface area contributed by atoms with Gasteiger partial charge in [0.25, 0.3) is 11.8 Å². The van der Waals surface area contributed by atoms with Crippen LogP contribution in [0, 0.1) is 0 Å². The van der Waals surface area contributed by atoms with E-state index in [4.69, 9.17) is 0 Å². The molecule has 12 heteroatoms. The number of piperidine rings is 1. The first kappa shape index (κ1) is 28.9. The van der Waals surface area contributed by atoms with Crippen molar-refractivity contribution in [2.75, 3.05) is 32.0 Å². The highest BCUT2D eigenvalue weighted by molar-refractivity contribution is 7.89. The van der Waals surface area contributed by atoms with Crippen LogP contribution in [0.2, 0.25) is 0 Å². The van der Waals surface area contributed by atoms with Gasteiger partial charge in [0.05, 0.1) is 10.5 Å². The number of thiophene rings is 1. The zero-order valence-electron chi connectivity index (χ0n) is 22.8. The first-order chi connectivity index (χ1) is 19.8. The number of hydrogen-bond acceptors (Lipinski definition) is 7. The molecule has 0 spiro atoms. The van der Waals surface area contributed by atoms with Gasteiger partial charge in [-0.15, -0.1) is 11.3 Å². The van der Waals surface area contributed by atoms with Gasteiger partial charge < -0.3 is 10.6 Å². The summed E-state index contributed by atoms with van der Waals surface area (Å²) in [6.07, 6.45) is 3.29. The third-order valence-corrected chi connectivity index (χ3v) is 10.4. The number of hydrogen-bond donors (Lipinski definition) is 3. The molecule has 4 amide bonds. The van der Waals surface area contributed by atoms with Crippen LogP contribution in [0.25, 0.3) is 0 Å². The second-order valence-electron chi connectivity index (χ2n) is 10.1. The number of carbonyl (C=O) groups excluding carboxylic acids is 3. The molecule has 2 aromatic carbocycles. The molecule has 41 heavy (non-hydrogen) atoms. The fourth-order valence-electron chi connectivity index (χ4n) is 5.20. The van der Waals surface area contributed by atoms with Crippen LogP contribution in [0.5, 0.6) is 0 Å². The van der Waals surface area contributed by atoms with Gasteiger partial charge in [-0.05, 0) is 54.7 Å². The summed E-state index contributed by atoms with van der Waals surface area (Å²) >= 11 is 1.32. The number of carbonyl (C=O) groups is 3. The van der Waals surface area contributed by atoms with E-state index >= 15 is 0 Å². The lowest BCUT2D eigenvalue weighted by molar-refractivity contribution is 0.0964. The van der Waals surface area contributed by atoms with Gasteiger partial charge in [0.1, 0.15) is 5.00 Å². The van der Waals surface area contributed by atoms with Crippen molar-refractivity contribution in [3.8, 4) is 0 Å². The first-order valence-electron chi connectivity index (χ1n) is 13.6. The minimum absolute atomic E-state index is 0.145. The number of imide groups is 1. The lowest BCUT2D eigenvalue weighted by Crippen LogP contribution is -2.38. The lowest BCUT2D eigenvalue weighted by Gasteiger charge is -2.27. The molecule has 0 bridgehead atoms. The molecule has 216 valence electrons. The quantitative estimate of drug-likeness (QED) is 0.381. The Morgan fingerprint density at radius 2 is 1.61 bits per heavy atom. The second kappa shape index (κ2) is 12.5. The van der Waals surface area contributed by atoms with E-state index in [1.54, 1.807) is 0 Å². The van der Waals surface area contributed by atoms with Crippen molar-refractivity contribution in [3.63, 3.8) is 0 Å². The van der Waals surface area contributed by atoms with E-state index in [-0.39, 0.29) is 16.0 Å². The molecule has 3 heterocycles. The van der Waals surface area contributed by atoms with Gasteiger partial charge in [0, 0.05) is 50.2 Å². The van der Waals surface area contributed by atoms with Crippen LogP contribution >= 0.6 is 11.3 Å². The predicted molar refractivity (Wildman–Crippen MR) is 158 cm³/mol. The molecule has 2 aliphatic heterocycles. The summed E-state index contributed by atoms with van der Waals surface area (Å²) in [5, 5.41) is 7.91. The van der Waals surface area contributed by atoms with E-state index in [2.05, 4.69) is 33.0 Å². The van der Waals surface area contributed by atoms with Crippen molar-refractivity contribution >= 4 is 44.2 Å². The van der Waals surface area contributed by atoms with E-state index in [0.29, 0.717) is 31.1 Å². The van der Waals surface area contributed by atoms with Gasteiger partial charge >= 0.3 is 6.03 Å². The summed E-state index contributed by atoms with van der Waals surface area (Å²) < 4.78 is 27.5. The number of amides is 4. The standard InChI is InChI=1S/C29H33N5O5S2/c1-30-29(37)32-27(36)25-23-14-17-33(18-20-8-4-2-5-9-20)19-24(23)40-28(25)31-26(35)21-10-12-22(13-11-21)41(38,39)34-15-6-3-7-16-34/h2,4-5,8-13H,3,6-7,14-19H2,1H3,(H,31,35)(H2,30,32,36,37). The van der Waals surface area contributed by atoms with E-state index in [0.717, 1.165) is 42.8 Å². The average Bonchev–Trinajstić information content (AvgIpc) is 3.35. The summed E-state index contributed by atoms with van der Waals surface area (Å²) in [7, 11) is -2.20. The maximum absolute atomic E-state index is 13.3. The zero-order chi connectivity index (χ0) is 29.0. The van der Waals surface area contributed by atoms with Gasteiger partial charge in [-0.2, -0.15) is 4.31 Å². The number of sulfonamides is 1. The normalized spacial score (nSPS) is 16.0. The monoisotopic (exact) mass is 595 g/mol. The molecular formula is C29H33N5O5S2. The summed E-state index contributed by atoms with van der Waals surface area (Å²) in [5.74, 6) is -1.06. The minimum Gasteiger partial charge on any atom is -0.341 e. The van der Waals surface area contributed by atoms with Crippen molar-refractivity contribution in [3.05, 3.63) is 81.7 Å². The van der Waals surface area contributed by atoms with Crippen LogP contribution in [0.1, 0.15) is 56.0 Å². The zero-order valence-corrected chi connectivity index (χ0v) is 24.4. The Hall–Kier alpha value is -3.58. The average molecular weight is 596 g/mol. The number of benzene rings is 2. The van der Waals surface area contributed by atoms with Crippen molar-refractivity contribution < 1.29 is 22.8 Å². The van der Waals surface area contributed by atoms with Gasteiger partial charge in [0.15, 0.2) is 0 Å². The fourth-order valence-corrected chi connectivity index (χ4v) is 8.00. The molecular weight excluding hydrogens is 562 g/mol. The highest BCUT2D eigenvalue weighted by Crippen LogP contribution is 2.38. The van der Waals surface area contributed by atoms with Gasteiger partial charge in [-0.25, -0.2) is 13.2 Å². The third-order valence-electron chi connectivity index (χ3n) is 7.36. The SMILES string of the molecule is CNC(=O)NC(=O)c1c(NC(=O)c2ccc(S(=O)(=O)N3CCCCC3)cc2)sc2c1CCN(Cc1ccccc1)C2. The Morgan fingerprint density at radius 3 is 2.29 bits per heavy atom. The Kier molecular flexibility index (Phi) is 8.83. The molecule has 10 nitrogen and oxygen atoms in total. The maximum Gasteiger partial charge on any atom is 0.321 e. The molecule has 0 radical (unpaired) electrons. The van der Waals surface area contributed by atoms with E-state index in [1.165, 1.54) is 52.5 Å². The topological polar surface area (TPSA) is 128 Å². The Labute approximate surface area is 243 Å². The third kappa shape index (κ3) is 6.51. The molecule has 0 saturated carbocycles. The molecule has 3 aromatic rings. The smallest absolute Gasteiger partial charge is 0.321 e. The van der Waals surface area contributed by atoms with Crippen molar-refractivity contribution in [2.45, 2.75) is 43.7 Å². The predicted octanol–water partition coefficient (Wildman–Crippen LogP) is 3.80. The molecule has 5 rings (SSSR count). The van der Waals surface area contributed by atoms with Gasteiger partial charge in [-0.3, -0.25) is 19.8 Å². The van der Waals surface area contributed by atoms with Gasteiger partial charge in [-0.1, -0.05) is 36.8 Å². The second-order valence-corrected chi connectivity index (χ2v) is 13.2. The number of fused-ring (bicyclic) bond motifs is 1. The molecule has 0 unspecified atom stereocenters. The highest BCUT2D eigenvalue weighted by Gasteiger charge is 2.30. The van der Waals surface area contributed by atoms with Crippen LogP contribution < -0.4 is 16.0 Å². The van der Waals surface area contributed by atoms with Crippen LogP contribution in [0.3, 0.4) is 0 Å². The molecule has 0 aliphatic carbocycles. The Balaban J connectivity index is 1.37. The summed E-state index contributed by atoms with van der Waals surface area (Å²) in [6, 6.07) is 15.3. The van der Waals surface area contributed by atoms with Crippen LogP contribution in [0.15, 0.2) is 59.5 Å². The van der Waals surface area contributed by atoms with Crippen molar-refractivity contribution in [1.29, 1.82) is 0 Å². The van der Waals surface area contributed by atoms with E-state index in [9.17, 15) is 22.8 Å². The van der Waals surface area contributed by atoms with Gasteiger partial charge in [0.2, 0.25) is 10.0 Å². The van der Waals surface area contributed by atoms with Crippen molar-refractivity contribution in [1.82, 2.24) is 19.8 Å². The fraction of sp³-hybridized carbons (Fsp3) is 0.345. The molecule has 3 N–H and O–H groups in total. The van der Waals surface area contributed by atoms with E-state index in [1.807, 2.05) is 18.2 Å². The van der Waals surface area contributed by atoms with Crippen LogP contribution in [-0.4, -0.2) is 62.2 Å². The molecule has 2 aliphatic rings. The highest BCUT2D eigenvalue weighted by atomic mass is 32.2. The lowest BCUT2D eigenvalue weighted by atomic mass is 10.0. The largest absolute Gasteiger partial charge is 0.341 e. The van der Waals surface area contributed by atoms with Crippen LogP contribution in [-0.2, 0) is 29.5 Å². The number of urea groups is 1. The molecule has 0 atom stereocenters. The molecule has 1 saturated heterocycles. The summed E-state index contributed by atoms with van der Waals surface area (Å²) in [6.45, 7) is 3.08. The van der Waals surface area contributed by atoms with Crippen LogP contribution in [0.4, 0.5) is 9.80 Å². The number of nitrogens with one attached hydrogen (secondary N) is 3. The summed E-state index contributed by atoms with van der Waals surface area (Å²) in [5.41, 5.74) is 2.55. The van der Waals surface area contributed by atoms with Crippen molar-refractivity contribution in [2.24, 2.45) is 0 Å².